The molecule has 4 heteroatoms. The molecule has 1 aliphatic rings. The molecule has 0 atom stereocenters. The van der Waals surface area contributed by atoms with Gasteiger partial charge in [-0.05, 0) is 36.8 Å². The molecule has 0 saturated heterocycles. The van der Waals surface area contributed by atoms with Gasteiger partial charge in [0.25, 0.3) is 5.56 Å². The van der Waals surface area contributed by atoms with Crippen molar-refractivity contribution in [1.29, 1.82) is 0 Å². The third-order valence-electron chi connectivity index (χ3n) is 3.52. The molecule has 2 heterocycles. The van der Waals surface area contributed by atoms with E-state index >= 15 is 0 Å². The average Bonchev–Trinajstić information content (AvgIpc) is 2.96. The van der Waals surface area contributed by atoms with Crippen LogP contribution in [0.5, 0.6) is 0 Å². The molecule has 0 spiro atoms. The zero-order valence-electron chi connectivity index (χ0n) is 11.5. The molecule has 3 nitrogen and oxygen atoms in total. The van der Waals surface area contributed by atoms with E-state index in [2.05, 4.69) is 42.9 Å². The highest BCUT2D eigenvalue weighted by molar-refractivity contribution is 7.15. The van der Waals surface area contributed by atoms with Crippen LogP contribution in [0.15, 0.2) is 16.9 Å². The van der Waals surface area contributed by atoms with Gasteiger partial charge in [-0.1, -0.05) is 20.8 Å². The van der Waals surface area contributed by atoms with Crippen LogP contribution in [0.25, 0.3) is 10.7 Å². The molecule has 0 aromatic carbocycles. The van der Waals surface area contributed by atoms with Crippen LogP contribution in [-0.4, -0.2) is 9.97 Å². The monoisotopic (exact) mass is 274 g/mol. The van der Waals surface area contributed by atoms with Gasteiger partial charge in [0, 0.05) is 10.4 Å². The quantitative estimate of drug-likeness (QED) is 0.867. The highest BCUT2D eigenvalue weighted by Gasteiger charge is 2.20. The molecule has 0 unspecified atom stereocenters. The normalized spacial score (nSPS) is 14.7. The van der Waals surface area contributed by atoms with Crippen LogP contribution in [-0.2, 0) is 18.3 Å². The molecule has 3 rings (SSSR count). The first-order chi connectivity index (χ1) is 8.95. The molecule has 0 bridgehead atoms. The van der Waals surface area contributed by atoms with Crippen LogP contribution in [0.4, 0.5) is 0 Å². The highest BCUT2D eigenvalue weighted by atomic mass is 32.1. The van der Waals surface area contributed by atoms with E-state index in [4.69, 9.17) is 0 Å². The van der Waals surface area contributed by atoms with E-state index in [0.717, 1.165) is 41.2 Å². The SMILES string of the molecule is CC(C)(C)c1ccc(-c2nc3c(c(=O)[nH]2)CCC3)s1. The third-order valence-corrected chi connectivity index (χ3v) is 5.04. The average molecular weight is 274 g/mol. The van der Waals surface area contributed by atoms with Crippen molar-refractivity contribution in [3.8, 4) is 10.7 Å². The van der Waals surface area contributed by atoms with Gasteiger partial charge in [0.2, 0.25) is 0 Å². The summed E-state index contributed by atoms with van der Waals surface area (Å²) < 4.78 is 0. The predicted molar refractivity (Wildman–Crippen MR) is 78.9 cm³/mol. The first kappa shape index (κ1) is 12.6. The number of fused-ring (bicyclic) bond motifs is 1. The van der Waals surface area contributed by atoms with Crippen LogP contribution in [0.2, 0.25) is 0 Å². The lowest BCUT2D eigenvalue weighted by molar-refractivity contribution is 0.604. The van der Waals surface area contributed by atoms with Crippen molar-refractivity contribution in [3.05, 3.63) is 38.6 Å². The van der Waals surface area contributed by atoms with Crippen molar-refractivity contribution >= 4 is 11.3 Å². The summed E-state index contributed by atoms with van der Waals surface area (Å²) in [5.41, 5.74) is 2.06. The van der Waals surface area contributed by atoms with E-state index < -0.39 is 0 Å². The highest BCUT2D eigenvalue weighted by Crippen LogP contribution is 2.33. The first-order valence-electron chi connectivity index (χ1n) is 6.68. The Morgan fingerprint density at radius 3 is 2.74 bits per heavy atom. The van der Waals surface area contributed by atoms with E-state index in [0.29, 0.717) is 0 Å². The second-order valence-electron chi connectivity index (χ2n) is 6.11. The third kappa shape index (κ3) is 2.25. The maximum absolute atomic E-state index is 12.0. The molecule has 2 aromatic rings. The number of nitrogens with one attached hydrogen (secondary N) is 1. The van der Waals surface area contributed by atoms with Crippen molar-refractivity contribution in [2.45, 2.75) is 45.4 Å². The standard InChI is InChI=1S/C15H18N2OS/c1-15(2,3)12-8-7-11(19-12)13-16-10-6-4-5-9(10)14(18)17-13/h7-8H,4-6H2,1-3H3,(H,16,17,18). The number of aryl methyl sites for hydroxylation is 1. The second-order valence-corrected chi connectivity index (χ2v) is 7.19. The summed E-state index contributed by atoms with van der Waals surface area (Å²) >= 11 is 1.71. The Kier molecular flexibility index (Phi) is 2.86. The van der Waals surface area contributed by atoms with E-state index in [-0.39, 0.29) is 11.0 Å². The van der Waals surface area contributed by atoms with Crippen molar-refractivity contribution in [3.63, 3.8) is 0 Å². The van der Waals surface area contributed by atoms with Crippen LogP contribution < -0.4 is 5.56 Å². The zero-order chi connectivity index (χ0) is 13.6. The van der Waals surface area contributed by atoms with Crippen LogP contribution in [0.3, 0.4) is 0 Å². The van der Waals surface area contributed by atoms with E-state index in [9.17, 15) is 4.79 Å². The lowest BCUT2D eigenvalue weighted by Gasteiger charge is -2.15. The van der Waals surface area contributed by atoms with E-state index in [1.807, 2.05) is 0 Å². The van der Waals surface area contributed by atoms with Crippen molar-refractivity contribution in [1.82, 2.24) is 9.97 Å². The van der Waals surface area contributed by atoms with Crippen LogP contribution in [0.1, 0.15) is 43.3 Å². The number of thiophene rings is 1. The van der Waals surface area contributed by atoms with Crippen molar-refractivity contribution in [2.75, 3.05) is 0 Å². The number of nitrogens with zero attached hydrogens (tertiary/aromatic N) is 1. The smallest absolute Gasteiger partial charge is 0.254 e. The maximum atomic E-state index is 12.0. The van der Waals surface area contributed by atoms with Gasteiger partial charge in [0.05, 0.1) is 10.6 Å². The van der Waals surface area contributed by atoms with Gasteiger partial charge in [0.1, 0.15) is 0 Å². The summed E-state index contributed by atoms with van der Waals surface area (Å²) in [6.45, 7) is 6.59. The van der Waals surface area contributed by atoms with Gasteiger partial charge in [-0.25, -0.2) is 4.98 Å². The Morgan fingerprint density at radius 1 is 1.26 bits per heavy atom. The molecule has 2 aromatic heterocycles. The Morgan fingerprint density at radius 2 is 2.05 bits per heavy atom. The number of hydrogen-bond donors (Lipinski definition) is 1. The molecule has 19 heavy (non-hydrogen) atoms. The molecule has 1 aliphatic carbocycles. The fourth-order valence-corrected chi connectivity index (χ4v) is 3.44. The summed E-state index contributed by atoms with van der Waals surface area (Å²) in [6, 6.07) is 4.19. The van der Waals surface area contributed by atoms with Crippen molar-refractivity contribution in [2.24, 2.45) is 0 Å². The molecule has 0 amide bonds. The Balaban J connectivity index is 2.06. The van der Waals surface area contributed by atoms with E-state index in [1.54, 1.807) is 11.3 Å². The number of hydrogen-bond acceptors (Lipinski definition) is 3. The fraction of sp³-hybridized carbons (Fsp3) is 0.467. The minimum Gasteiger partial charge on any atom is -0.306 e. The molecule has 0 saturated carbocycles. The number of rotatable bonds is 1. The Hall–Kier alpha value is -1.42. The second kappa shape index (κ2) is 4.30. The molecule has 1 N–H and O–H groups in total. The van der Waals surface area contributed by atoms with Gasteiger partial charge in [-0.2, -0.15) is 0 Å². The lowest BCUT2D eigenvalue weighted by Crippen LogP contribution is -2.14. The maximum Gasteiger partial charge on any atom is 0.254 e. The van der Waals surface area contributed by atoms with Gasteiger partial charge in [-0.3, -0.25) is 4.79 Å². The summed E-state index contributed by atoms with van der Waals surface area (Å²) in [7, 11) is 0. The Bertz CT molecular complexity index is 676. The number of aromatic nitrogens is 2. The summed E-state index contributed by atoms with van der Waals surface area (Å²) in [4.78, 5) is 21.9. The number of H-pyrrole nitrogens is 1. The summed E-state index contributed by atoms with van der Waals surface area (Å²) in [6.07, 6.45) is 2.85. The molecule has 0 radical (unpaired) electrons. The minimum absolute atomic E-state index is 0.0446. The molecular weight excluding hydrogens is 256 g/mol. The molecule has 0 fully saturated rings. The first-order valence-corrected chi connectivity index (χ1v) is 7.49. The molecule has 0 aliphatic heterocycles. The van der Waals surface area contributed by atoms with E-state index in [1.165, 1.54) is 4.88 Å². The van der Waals surface area contributed by atoms with Gasteiger partial charge in [0.15, 0.2) is 5.82 Å². The zero-order valence-corrected chi connectivity index (χ0v) is 12.4. The topological polar surface area (TPSA) is 45.8 Å². The molecule has 100 valence electrons. The largest absolute Gasteiger partial charge is 0.306 e. The summed E-state index contributed by atoms with van der Waals surface area (Å²) in [5, 5.41) is 0. The molecular formula is C15H18N2OS. The van der Waals surface area contributed by atoms with Crippen LogP contribution in [0, 0.1) is 0 Å². The Labute approximate surface area is 116 Å². The number of aromatic amines is 1. The van der Waals surface area contributed by atoms with Gasteiger partial charge < -0.3 is 4.98 Å². The van der Waals surface area contributed by atoms with Gasteiger partial charge >= 0.3 is 0 Å². The lowest BCUT2D eigenvalue weighted by atomic mass is 9.95. The van der Waals surface area contributed by atoms with Crippen LogP contribution >= 0.6 is 11.3 Å². The predicted octanol–water partition coefficient (Wildman–Crippen LogP) is 3.28. The van der Waals surface area contributed by atoms with Gasteiger partial charge in [-0.15, -0.1) is 11.3 Å². The van der Waals surface area contributed by atoms with Crippen molar-refractivity contribution < 1.29 is 0 Å². The minimum atomic E-state index is 0.0446. The summed E-state index contributed by atoms with van der Waals surface area (Å²) in [5.74, 6) is 0.728. The fourth-order valence-electron chi connectivity index (χ4n) is 2.43.